The van der Waals surface area contributed by atoms with Crippen molar-refractivity contribution in [2.45, 2.75) is 64.1 Å². The summed E-state index contributed by atoms with van der Waals surface area (Å²) in [7, 11) is 0. The first-order valence-electron chi connectivity index (χ1n) is 11.0. The molecule has 0 bridgehead atoms. The van der Waals surface area contributed by atoms with Crippen molar-refractivity contribution in [1.82, 2.24) is 24.5 Å². The molecule has 1 fully saturated rings. The van der Waals surface area contributed by atoms with Crippen LogP contribution >= 0.6 is 0 Å². The quantitative estimate of drug-likeness (QED) is 0.496. The summed E-state index contributed by atoms with van der Waals surface area (Å²) in [4.78, 5) is 27.2. The number of alkyl halides is 3. The number of hydrogen-bond donors (Lipinski definition) is 1. The fourth-order valence-corrected chi connectivity index (χ4v) is 4.26. The minimum atomic E-state index is -4.54. The number of pyridine rings is 1. The second-order valence-corrected chi connectivity index (χ2v) is 8.33. The molecule has 0 saturated heterocycles. The van der Waals surface area contributed by atoms with Gasteiger partial charge in [-0.15, -0.1) is 0 Å². The van der Waals surface area contributed by atoms with Gasteiger partial charge >= 0.3 is 6.18 Å². The van der Waals surface area contributed by atoms with E-state index in [9.17, 15) is 18.0 Å². The summed E-state index contributed by atoms with van der Waals surface area (Å²) in [5.41, 5.74) is 0.378. The smallest absolute Gasteiger partial charge is 0.422 e. The average Bonchev–Trinajstić information content (AvgIpc) is 3.24. The van der Waals surface area contributed by atoms with Crippen LogP contribution in [0.25, 0.3) is 22.3 Å². The van der Waals surface area contributed by atoms with Gasteiger partial charge in [0.25, 0.3) is 11.6 Å². The molecule has 0 amide bonds. The number of nitrogens with zero attached hydrogens (tertiary/aromatic N) is 4. The SMILES string of the molecule is O=c1[nH]c(OCC(F)(F)F)nc2c(-c3cn(CCCCC4CCCCC4)cn3)nccc12. The Kier molecular flexibility index (Phi) is 6.76. The van der Waals surface area contributed by atoms with Gasteiger partial charge in [0.2, 0.25) is 0 Å². The average molecular weight is 449 g/mol. The van der Waals surface area contributed by atoms with Crippen molar-refractivity contribution in [1.29, 1.82) is 0 Å². The molecule has 1 saturated carbocycles. The van der Waals surface area contributed by atoms with Gasteiger partial charge in [0.05, 0.1) is 11.7 Å². The van der Waals surface area contributed by atoms with E-state index in [1.165, 1.54) is 57.2 Å². The van der Waals surface area contributed by atoms with E-state index in [0.717, 1.165) is 18.9 Å². The molecule has 0 aromatic carbocycles. The number of aromatic amines is 1. The van der Waals surface area contributed by atoms with Crippen LogP contribution in [0.15, 0.2) is 29.6 Å². The molecule has 1 N–H and O–H groups in total. The van der Waals surface area contributed by atoms with E-state index in [0.29, 0.717) is 11.4 Å². The minimum Gasteiger partial charge on any atom is -0.455 e. The van der Waals surface area contributed by atoms with E-state index in [1.807, 2.05) is 10.8 Å². The summed E-state index contributed by atoms with van der Waals surface area (Å²) in [6.07, 6.45) is 10.7. The Labute approximate surface area is 183 Å². The third-order valence-electron chi connectivity index (χ3n) is 5.85. The summed E-state index contributed by atoms with van der Waals surface area (Å²) >= 11 is 0. The van der Waals surface area contributed by atoms with Crippen molar-refractivity contribution in [3.8, 4) is 17.4 Å². The number of aryl methyl sites for hydroxylation is 1. The standard InChI is InChI=1S/C22H26F3N5O2/c23-22(24,25)13-32-21-28-18-16(20(31)29-21)9-10-26-19(18)17-12-30(14-27-17)11-5-4-8-15-6-2-1-3-7-15/h9-10,12,14-15H,1-8,11,13H2,(H,28,29,31). The molecule has 3 heterocycles. The molecular formula is C22H26F3N5O2. The molecule has 7 nitrogen and oxygen atoms in total. The van der Waals surface area contributed by atoms with Gasteiger partial charge in [-0.2, -0.15) is 18.2 Å². The Bertz CT molecular complexity index is 1100. The molecule has 10 heteroatoms. The first kappa shape index (κ1) is 22.3. The van der Waals surface area contributed by atoms with E-state index in [4.69, 9.17) is 0 Å². The Morgan fingerprint density at radius 2 is 1.97 bits per heavy atom. The van der Waals surface area contributed by atoms with Gasteiger partial charge in [-0.05, 0) is 18.4 Å². The molecule has 3 aromatic heterocycles. The molecule has 4 rings (SSSR count). The maximum Gasteiger partial charge on any atom is 0.422 e. The van der Waals surface area contributed by atoms with Crippen LogP contribution in [0.3, 0.4) is 0 Å². The Balaban J connectivity index is 1.46. The minimum absolute atomic E-state index is 0.149. The number of rotatable bonds is 8. The third-order valence-corrected chi connectivity index (χ3v) is 5.85. The van der Waals surface area contributed by atoms with Gasteiger partial charge in [0, 0.05) is 18.9 Å². The molecule has 0 aliphatic heterocycles. The van der Waals surface area contributed by atoms with Gasteiger partial charge in [0.15, 0.2) is 6.61 Å². The number of H-pyrrole nitrogens is 1. The zero-order valence-electron chi connectivity index (χ0n) is 17.7. The Hall–Kier alpha value is -2.91. The summed E-state index contributed by atoms with van der Waals surface area (Å²) in [5, 5.41) is 0.205. The van der Waals surface area contributed by atoms with Crippen molar-refractivity contribution in [3.63, 3.8) is 0 Å². The number of ether oxygens (including phenoxy) is 1. The summed E-state index contributed by atoms with van der Waals surface area (Å²) < 4.78 is 44.0. The maximum atomic E-state index is 12.5. The van der Waals surface area contributed by atoms with Crippen LogP contribution in [-0.2, 0) is 6.54 Å². The molecule has 1 aliphatic carbocycles. The molecule has 172 valence electrons. The lowest BCUT2D eigenvalue weighted by atomic mass is 9.86. The number of aromatic nitrogens is 5. The lowest BCUT2D eigenvalue weighted by Gasteiger charge is -2.21. The van der Waals surface area contributed by atoms with E-state index in [2.05, 4.69) is 24.7 Å². The lowest BCUT2D eigenvalue weighted by Crippen LogP contribution is -2.21. The van der Waals surface area contributed by atoms with E-state index in [-0.39, 0.29) is 10.9 Å². The molecule has 0 atom stereocenters. The van der Waals surface area contributed by atoms with Crippen LogP contribution in [-0.4, -0.2) is 37.3 Å². The summed E-state index contributed by atoms with van der Waals surface area (Å²) in [6.45, 7) is -0.731. The fourth-order valence-electron chi connectivity index (χ4n) is 4.26. The lowest BCUT2D eigenvalue weighted by molar-refractivity contribution is -0.154. The first-order chi connectivity index (χ1) is 15.4. The van der Waals surface area contributed by atoms with Gasteiger partial charge in [0.1, 0.15) is 16.9 Å². The number of nitrogens with one attached hydrogen (secondary N) is 1. The summed E-state index contributed by atoms with van der Waals surface area (Å²) in [6, 6.07) is 0.955. The van der Waals surface area contributed by atoms with E-state index in [1.54, 1.807) is 6.33 Å². The molecule has 1 aliphatic rings. The first-order valence-corrected chi connectivity index (χ1v) is 11.0. The number of hydrogen-bond acceptors (Lipinski definition) is 5. The zero-order valence-corrected chi connectivity index (χ0v) is 17.7. The second-order valence-electron chi connectivity index (χ2n) is 8.33. The molecule has 32 heavy (non-hydrogen) atoms. The summed E-state index contributed by atoms with van der Waals surface area (Å²) in [5.74, 6) is 0.861. The van der Waals surface area contributed by atoms with Gasteiger partial charge in [-0.25, -0.2) is 4.98 Å². The maximum absolute atomic E-state index is 12.5. The van der Waals surface area contributed by atoms with Crippen LogP contribution in [0.2, 0.25) is 0 Å². The molecule has 0 unspecified atom stereocenters. The molecule has 0 spiro atoms. The predicted molar refractivity (Wildman–Crippen MR) is 113 cm³/mol. The Morgan fingerprint density at radius 1 is 1.16 bits per heavy atom. The topological polar surface area (TPSA) is 85.7 Å². The molecule has 0 radical (unpaired) electrons. The largest absolute Gasteiger partial charge is 0.455 e. The monoisotopic (exact) mass is 449 g/mol. The van der Waals surface area contributed by atoms with Crippen molar-refractivity contribution in [2.75, 3.05) is 6.61 Å². The number of fused-ring (bicyclic) bond motifs is 1. The van der Waals surface area contributed by atoms with Gasteiger partial charge in [-0.1, -0.05) is 44.9 Å². The van der Waals surface area contributed by atoms with Crippen LogP contribution in [0, 0.1) is 5.92 Å². The van der Waals surface area contributed by atoms with Gasteiger partial charge < -0.3 is 9.30 Å². The van der Waals surface area contributed by atoms with Crippen molar-refractivity contribution < 1.29 is 17.9 Å². The van der Waals surface area contributed by atoms with Crippen LogP contribution < -0.4 is 10.3 Å². The van der Waals surface area contributed by atoms with Crippen LogP contribution in [0.5, 0.6) is 6.01 Å². The van der Waals surface area contributed by atoms with E-state index >= 15 is 0 Å². The van der Waals surface area contributed by atoms with Crippen molar-refractivity contribution in [2.24, 2.45) is 5.92 Å². The molecule has 3 aromatic rings. The number of halogens is 3. The van der Waals surface area contributed by atoms with Crippen LogP contribution in [0.4, 0.5) is 13.2 Å². The highest BCUT2D eigenvalue weighted by molar-refractivity contribution is 5.89. The molecular weight excluding hydrogens is 423 g/mol. The zero-order chi connectivity index (χ0) is 22.6. The predicted octanol–water partition coefficient (Wildman–Crippen LogP) is 4.87. The second kappa shape index (κ2) is 9.70. The number of unbranched alkanes of at least 4 members (excludes halogenated alkanes) is 1. The normalized spacial score (nSPS) is 15.3. The van der Waals surface area contributed by atoms with Gasteiger partial charge in [-0.3, -0.25) is 14.8 Å². The highest BCUT2D eigenvalue weighted by Gasteiger charge is 2.29. The highest BCUT2D eigenvalue weighted by Crippen LogP contribution is 2.28. The van der Waals surface area contributed by atoms with Crippen molar-refractivity contribution >= 4 is 10.9 Å². The fraction of sp³-hybridized carbons (Fsp3) is 0.545. The highest BCUT2D eigenvalue weighted by atomic mass is 19.4. The Morgan fingerprint density at radius 3 is 2.75 bits per heavy atom. The third kappa shape index (κ3) is 5.66. The number of imidazole rings is 1. The van der Waals surface area contributed by atoms with Crippen molar-refractivity contribution in [3.05, 3.63) is 35.1 Å². The van der Waals surface area contributed by atoms with Crippen LogP contribution in [0.1, 0.15) is 51.4 Å². The van der Waals surface area contributed by atoms with E-state index < -0.39 is 24.4 Å².